The molecule has 3 aromatic rings. The lowest BCUT2D eigenvalue weighted by Gasteiger charge is -2.07. The van der Waals surface area contributed by atoms with Crippen LogP contribution in [-0.4, -0.2) is 24.0 Å². The van der Waals surface area contributed by atoms with Crippen molar-refractivity contribution in [1.82, 2.24) is 10.3 Å². The largest absolute Gasteiger partial charge is 0.494 e. The number of carbonyl (C=O) groups is 1. The van der Waals surface area contributed by atoms with Crippen LogP contribution in [0.3, 0.4) is 0 Å². The van der Waals surface area contributed by atoms with Gasteiger partial charge in [0, 0.05) is 23.6 Å². The van der Waals surface area contributed by atoms with E-state index in [1.54, 1.807) is 0 Å². The number of hydrogen-bond acceptors (Lipinski definition) is 2. The SMILES string of the molecule is Cc1ccc(OCCCCNC(=O)Cc2c[nH]c3ccccc23)cc1. The fourth-order valence-electron chi connectivity index (χ4n) is 2.79. The van der Waals surface area contributed by atoms with Gasteiger partial charge in [0.1, 0.15) is 5.75 Å². The van der Waals surface area contributed by atoms with Crippen molar-refractivity contribution < 1.29 is 9.53 Å². The Hall–Kier alpha value is -2.75. The number of fused-ring (bicyclic) bond motifs is 1. The maximum absolute atomic E-state index is 12.1. The van der Waals surface area contributed by atoms with Crippen LogP contribution in [0.25, 0.3) is 10.9 Å². The minimum atomic E-state index is 0.0595. The number of nitrogens with one attached hydrogen (secondary N) is 2. The van der Waals surface area contributed by atoms with Crippen molar-refractivity contribution in [3.63, 3.8) is 0 Å². The van der Waals surface area contributed by atoms with Crippen LogP contribution in [0.4, 0.5) is 0 Å². The van der Waals surface area contributed by atoms with E-state index in [2.05, 4.69) is 17.2 Å². The Labute approximate surface area is 148 Å². The van der Waals surface area contributed by atoms with E-state index in [0.29, 0.717) is 19.6 Å². The summed E-state index contributed by atoms with van der Waals surface area (Å²) in [6, 6.07) is 16.1. The van der Waals surface area contributed by atoms with Gasteiger partial charge in [0.25, 0.3) is 0 Å². The first-order chi connectivity index (χ1) is 12.2. The van der Waals surface area contributed by atoms with Gasteiger partial charge in [-0.15, -0.1) is 0 Å². The number of unbranched alkanes of at least 4 members (excludes halogenated alkanes) is 1. The Morgan fingerprint density at radius 3 is 2.72 bits per heavy atom. The molecule has 25 heavy (non-hydrogen) atoms. The lowest BCUT2D eigenvalue weighted by molar-refractivity contribution is -0.120. The van der Waals surface area contributed by atoms with Crippen molar-refractivity contribution in [1.29, 1.82) is 0 Å². The highest BCUT2D eigenvalue weighted by Gasteiger charge is 2.07. The molecule has 3 rings (SSSR count). The number of aromatic nitrogens is 1. The van der Waals surface area contributed by atoms with E-state index in [9.17, 15) is 4.79 Å². The van der Waals surface area contributed by atoms with E-state index in [0.717, 1.165) is 35.1 Å². The zero-order valence-electron chi connectivity index (χ0n) is 14.5. The van der Waals surface area contributed by atoms with E-state index in [-0.39, 0.29) is 5.91 Å². The Bertz CT molecular complexity index is 821. The quantitative estimate of drug-likeness (QED) is 0.611. The molecule has 2 aromatic carbocycles. The first-order valence-corrected chi connectivity index (χ1v) is 8.73. The van der Waals surface area contributed by atoms with Crippen LogP contribution < -0.4 is 10.1 Å². The summed E-state index contributed by atoms with van der Waals surface area (Å²) in [6.07, 6.45) is 4.15. The summed E-state index contributed by atoms with van der Waals surface area (Å²) in [6.45, 7) is 3.41. The highest BCUT2D eigenvalue weighted by molar-refractivity contribution is 5.88. The van der Waals surface area contributed by atoms with E-state index in [4.69, 9.17) is 4.74 Å². The molecule has 0 aliphatic heterocycles. The van der Waals surface area contributed by atoms with Crippen LogP contribution in [0.5, 0.6) is 5.75 Å². The van der Waals surface area contributed by atoms with E-state index >= 15 is 0 Å². The average molecular weight is 336 g/mol. The number of para-hydroxylation sites is 1. The van der Waals surface area contributed by atoms with Gasteiger partial charge in [-0.25, -0.2) is 0 Å². The van der Waals surface area contributed by atoms with E-state index in [1.165, 1.54) is 5.56 Å². The summed E-state index contributed by atoms with van der Waals surface area (Å²) in [5.74, 6) is 0.957. The molecule has 2 N–H and O–H groups in total. The highest BCUT2D eigenvalue weighted by Crippen LogP contribution is 2.18. The zero-order valence-corrected chi connectivity index (χ0v) is 14.5. The number of aryl methyl sites for hydroxylation is 1. The summed E-state index contributed by atoms with van der Waals surface area (Å²) < 4.78 is 5.68. The van der Waals surface area contributed by atoms with Gasteiger partial charge in [-0.2, -0.15) is 0 Å². The third kappa shape index (κ3) is 4.86. The summed E-state index contributed by atoms with van der Waals surface area (Å²) in [7, 11) is 0. The first kappa shape index (κ1) is 17.1. The number of H-pyrrole nitrogens is 1. The Kier molecular flexibility index (Phi) is 5.73. The molecule has 130 valence electrons. The predicted molar refractivity (Wildman–Crippen MR) is 101 cm³/mol. The molecule has 0 unspecified atom stereocenters. The molecule has 0 atom stereocenters. The van der Waals surface area contributed by atoms with Crippen molar-refractivity contribution in [2.45, 2.75) is 26.2 Å². The molecule has 1 aromatic heterocycles. The molecule has 0 radical (unpaired) electrons. The van der Waals surface area contributed by atoms with Crippen LogP contribution in [0.2, 0.25) is 0 Å². The standard InChI is InChI=1S/C21H24N2O2/c1-16-8-10-18(11-9-16)25-13-5-4-12-22-21(24)14-17-15-23-20-7-3-2-6-19(17)20/h2-3,6-11,15,23H,4-5,12-14H2,1H3,(H,22,24). The van der Waals surface area contributed by atoms with Crippen LogP contribution >= 0.6 is 0 Å². The Balaban J connectivity index is 1.33. The van der Waals surface area contributed by atoms with Crippen LogP contribution in [0, 0.1) is 6.92 Å². The van der Waals surface area contributed by atoms with Crippen molar-refractivity contribution in [2.24, 2.45) is 0 Å². The number of ether oxygens (including phenoxy) is 1. The minimum absolute atomic E-state index is 0.0595. The topological polar surface area (TPSA) is 54.1 Å². The Morgan fingerprint density at radius 2 is 1.88 bits per heavy atom. The maximum Gasteiger partial charge on any atom is 0.224 e. The monoisotopic (exact) mass is 336 g/mol. The maximum atomic E-state index is 12.1. The highest BCUT2D eigenvalue weighted by atomic mass is 16.5. The molecule has 4 heteroatoms. The number of aromatic amines is 1. The number of amides is 1. The number of hydrogen-bond donors (Lipinski definition) is 2. The second-order valence-electron chi connectivity index (χ2n) is 6.25. The van der Waals surface area contributed by atoms with E-state index < -0.39 is 0 Å². The molecule has 1 heterocycles. The van der Waals surface area contributed by atoms with Gasteiger partial charge in [0.05, 0.1) is 13.0 Å². The first-order valence-electron chi connectivity index (χ1n) is 8.73. The smallest absolute Gasteiger partial charge is 0.224 e. The van der Waals surface area contributed by atoms with E-state index in [1.807, 2.05) is 54.7 Å². The van der Waals surface area contributed by atoms with Crippen molar-refractivity contribution in [3.8, 4) is 5.75 Å². The summed E-state index contributed by atoms with van der Waals surface area (Å²) in [5.41, 5.74) is 3.33. The summed E-state index contributed by atoms with van der Waals surface area (Å²) in [4.78, 5) is 15.3. The molecule has 0 bridgehead atoms. The molecule has 0 aliphatic rings. The van der Waals surface area contributed by atoms with Gasteiger partial charge in [0.2, 0.25) is 5.91 Å². The number of carbonyl (C=O) groups excluding carboxylic acids is 1. The minimum Gasteiger partial charge on any atom is -0.494 e. The number of benzene rings is 2. The zero-order chi connectivity index (χ0) is 17.5. The van der Waals surface area contributed by atoms with Gasteiger partial charge in [-0.1, -0.05) is 35.9 Å². The number of rotatable bonds is 8. The molecule has 0 fully saturated rings. The van der Waals surface area contributed by atoms with Crippen LogP contribution in [0.15, 0.2) is 54.7 Å². The fourth-order valence-corrected chi connectivity index (χ4v) is 2.79. The third-order valence-corrected chi connectivity index (χ3v) is 4.21. The molecule has 0 saturated carbocycles. The van der Waals surface area contributed by atoms with Gasteiger partial charge >= 0.3 is 0 Å². The Morgan fingerprint density at radius 1 is 1.08 bits per heavy atom. The molecule has 4 nitrogen and oxygen atoms in total. The van der Waals surface area contributed by atoms with Crippen molar-refractivity contribution in [2.75, 3.05) is 13.2 Å². The molecule has 0 aliphatic carbocycles. The van der Waals surface area contributed by atoms with Gasteiger partial charge in [0.15, 0.2) is 0 Å². The molecule has 0 saturated heterocycles. The summed E-state index contributed by atoms with van der Waals surface area (Å²) >= 11 is 0. The van der Waals surface area contributed by atoms with Crippen molar-refractivity contribution in [3.05, 3.63) is 65.9 Å². The predicted octanol–water partition coefficient (Wildman–Crippen LogP) is 3.99. The van der Waals surface area contributed by atoms with Gasteiger partial charge < -0.3 is 15.0 Å². The molecular formula is C21H24N2O2. The molecular weight excluding hydrogens is 312 g/mol. The van der Waals surface area contributed by atoms with Gasteiger partial charge in [-0.3, -0.25) is 4.79 Å². The normalized spacial score (nSPS) is 10.8. The fraction of sp³-hybridized carbons (Fsp3) is 0.286. The lowest BCUT2D eigenvalue weighted by Crippen LogP contribution is -2.26. The van der Waals surface area contributed by atoms with Gasteiger partial charge in [-0.05, 0) is 43.5 Å². The van der Waals surface area contributed by atoms with Crippen molar-refractivity contribution >= 4 is 16.8 Å². The third-order valence-electron chi connectivity index (χ3n) is 4.21. The molecule has 0 spiro atoms. The second-order valence-corrected chi connectivity index (χ2v) is 6.25. The average Bonchev–Trinajstić information content (AvgIpc) is 3.02. The van der Waals surface area contributed by atoms with Crippen LogP contribution in [-0.2, 0) is 11.2 Å². The second kappa shape index (κ2) is 8.38. The lowest BCUT2D eigenvalue weighted by atomic mass is 10.1. The van der Waals surface area contributed by atoms with Crippen LogP contribution in [0.1, 0.15) is 24.0 Å². The molecule has 1 amide bonds. The summed E-state index contributed by atoms with van der Waals surface area (Å²) in [5, 5.41) is 4.10.